The average Bonchev–Trinajstić information content (AvgIpc) is 2.16. The smallest absolute Gasteiger partial charge is 0.329 e. The van der Waals surface area contributed by atoms with E-state index in [4.69, 9.17) is 10.6 Å². The number of rotatable bonds is 5. The maximum atomic E-state index is 12.7. The predicted octanol–water partition coefficient (Wildman–Crippen LogP) is 0.655. The quantitative estimate of drug-likeness (QED) is 0.576. The number of carbonyl (C=O) groups excluding carboxylic acids is 1. The Balaban J connectivity index is 2.40. The fourth-order valence-corrected chi connectivity index (χ4v) is 0.981. The Labute approximate surface area is 90.1 Å². The molecule has 16 heavy (non-hydrogen) atoms. The molecule has 1 aromatic carbocycles. The van der Waals surface area contributed by atoms with E-state index in [2.05, 4.69) is 4.84 Å². The molecule has 0 aromatic heterocycles. The third kappa shape index (κ3) is 4.20. The van der Waals surface area contributed by atoms with Crippen LogP contribution in [0.1, 0.15) is 6.42 Å². The van der Waals surface area contributed by atoms with E-state index in [1.807, 2.05) is 0 Å². The predicted molar refractivity (Wildman–Crippen MR) is 49.9 cm³/mol. The first-order valence-electron chi connectivity index (χ1n) is 4.36. The van der Waals surface area contributed by atoms with Gasteiger partial charge in [0.05, 0.1) is 13.0 Å². The maximum Gasteiger partial charge on any atom is 0.329 e. The molecule has 0 unspecified atom stereocenters. The molecule has 0 bridgehead atoms. The van der Waals surface area contributed by atoms with Crippen molar-refractivity contribution in [1.29, 1.82) is 0 Å². The van der Waals surface area contributed by atoms with Crippen molar-refractivity contribution < 1.29 is 23.1 Å². The zero-order chi connectivity index (χ0) is 12.0. The van der Waals surface area contributed by atoms with Gasteiger partial charge in [-0.05, 0) is 0 Å². The fourth-order valence-electron chi connectivity index (χ4n) is 0.981. The average molecular weight is 232 g/mol. The fraction of sp³-hybridized carbons (Fsp3) is 0.222. The summed E-state index contributed by atoms with van der Waals surface area (Å²) >= 11 is 0. The highest BCUT2D eigenvalue weighted by atomic mass is 19.1. The minimum atomic E-state index is -0.749. The van der Waals surface area contributed by atoms with Crippen molar-refractivity contribution >= 4 is 5.97 Å². The largest absolute Gasteiger partial charge is 0.493 e. The van der Waals surface area contributed by atoms with Crippen LogP contribution in [0.15, 0.2) is 18.2 Å². The number of hydrazine groups is 1. The van der Waals surface area contributed by atoms with Gasteiger partial charge in [0.25, 0.3) is 0 Å². The van der Waals surface area contributed by atoms with Crippen LogP contribution in [0.25, 0.3) is 0 Å². The van der Waals surface area contributed by atoms with Crippen molar-refractivity contribution in [1.82, 2.24) is 5.59 Å². The molecule has 0 saturated heterocycles. The summed E-state index contributed by atoms with van der Waals surface area (Å²) in [5.41, 5.74) is 1.71. The van der Waals surface area contributed by atoms with Crippen LogP contribution in [0, 0.1) is 11.6 Å². The second-order valence-corrected chi connectivity index (χ2v) is 2.80. The highest BCUT2D eigenvalue weighted by Gasteiger charge is 2.05. The van der Waals surface area contributed by atoms with Crippen LogP contribution >= 0.6 is 0 Å². The SMILES string of the molecule is NNOC(=O)CCOc1cc(F)cc(F)c1. The zero-order valence-corrected chi connectivity index (χ0v) is 8.20. The Kier molecular flexibility index (Phi) is 4.62. The first kappa shape index (κ1) is 12.3. The topological polar surface area (TPSA) is 73.6 Å². The standard InChI is InChI=1S/C9H10F2N2O3/c10-6-3-7(11)5-8(4-6)15-2-1-9(14)16-13-12/h3-5,13H,1-2,12H2. The lowest BCUT2D eigenvalue weighted by Gasteiger charge is -2.05. The number of hydrogen-bond donors (Lipinski definition) is 2. The molecule has 0 aliphatic heterocycles. The second kappa shape index (κ2) is 5.99. The Morgan fingerprint density at radius 3 is 2.50 bits per heavy atom. The minimum Gasteiger partial charge on any atom is -0.493 e. The molecule has 0 aliphatic rings. The van der Waals surface area contributed by atoms with Gasteiger partial charge in [-0.1, -0.05) is 5.59 Å². The van der Waals surface area contributed by atoms with Crippen molar-refractivity contribution in [3.05, 3.63) is 29.8 Å². The Bertz CT molecular complexity index is 354. The monoisotopic (exact) mass is 232 g/mol. The van der Waals surface area contributed by atoms with Gasteiger partial charge in [-0.3, -0.25) is 4.79 Å². The van der Waals surface area contributed by atoms with E-state index in [1.54, 1.807) is 5.59 Å². The molecule has 7 heteroatoms. The van der Waals surface area contributed by atoms with Crippen LogP contribution in [-0.2, 0) is 9.63 Å². The van der Waals surface area contributed by atoms with Crippen molar-refractivity contribution in [2.45, 2.75) is 6.42 Å². The van der Waals surface area contributed by atoms with Gasteiger partial charge in [-0.15, -0.1) is 0 Å². The summed E-state index contributed by atoms with van der Waals surface area (Å²) < 4.78 is 30.3. The molecular formula is C9H10F2N2O3. The summed E-state index contributed by atoms with van der Waals surface area (Å²) in [6.07, 6.45) is -0.0949. The summed E-state index contributed by atoms with van der Waals surface area (Å²) in [5.74, 6) is 2.59. The molecule has 0 aliphatic carbocycles. The first-order valence-corrected chi connectivity index (χ1v) is 4.36. The van der Waals surface area contributed by atoms with Gasteiger partial charge < -0.3 is 9.57 Å². The Hall–Kier alpha value is -1.73. The number of ether oxygens (including phenoxy) is 1. The number of nitrogens with two attached hydrogens (primary N) is 1. The van der Waals surface area contributed by atoms with Crippen LogP contribution < -0.4 is 16.2 Å². The van der Waals surface area contributed by atoms with Crippen molar-refractivity contribution in [3.63, 3.8) is 0 Å². The van der Waals surface area contributed by atoms with Crippen LogP contribution in [0.2, 0.25) is 0 Å². The lowest BCUT2D eigenvalue weighted by molar-refractivity contribution is -0.151. The molecule has 3 N–H and O–H groups in total. The summed E-state index contributed by atoms with van der Waals surface area (Å²) in [6, 6.07) is 2.74. The van der Waals surface area contributed by atoms with Gasteiger partial charge in [0.1, 0.15) is 17.4 Å². The molecule has 0 atom stereocenters. The molecule has 5 nitrogen and oxygen atoms in total. The molecule has 1 rings (SSSR count). The van der Waals surface area contributed by atoms with Gasteiger partial charge in [0, 0.05) is 18.2 Å². The van der Waals surface area contributed by atoms with Gasteiger partial charge in [-0.25, -0.2) is 14.6 Å². The third-order valence-electron chi connectivity index (χ3n) is 1.58. The van der Waals surface area contributed by atoms with Crippen molar-refractivity contribution in [3.8, 4) is 5.75 Å². The minimum absolute atomic E-state index is 0.00556. The molecule has 0 saturated carbocycles. The third-order valence-corrected chi connectivity index (χ3v) is 1.58. The Morgan fingerprint density at radius 1 is 1.31 bits per heavy atom. The molecule has 0 spiro atoms. The van der Waals surface area contributed by atoms with Gasteiger partial charge >= 0.3 is 5.97 Å². The van der Waals surface area contributed by atoms with E-state index in [0.29, 0.717) is 0 Å². The molecule has 0 heterocycles. The highest BCUT2D eigenvalue weighted by Crippen LogP contribution is 2.15. The lowest BCUT2D eigenvalue weighted by atomic mass is 10.3. The summed E-state index contributed by atoms with van der Waals surface area (Å²) in [7, 11) is 0. The molecular weight excluding hydrogens is 222 g/mol. The summed E-state index contributed by atoms with van der Waals surface area (Å²) in [6.45, 7) is -0.0661. The van der Waals surface area contributed by atoms with Crippen LogP contribution in [0.3, 0.4) is 0 Å². The van der Waals surface area contributed by atoms with E-state index in [9.17, 15) is 13.6 Å². The molecule has 1 aromatic rings. The van der Waals surface area contributed by atoms with E-state index >= 15 is 0 Å². The first-order chi connectivity index (χ1) is 7.61. The van der Waals surface area contributed by atoms with Crippen LogP contribution in [-0.4, -0.2) is 12.6 Å². The van der Waals surface area contributed by atoms with Crippen molar-refractivity contribution in [2.24, 2.45) is 5.84 Å². The number of nitrogens with one attached hydrogen (secondary N) is 1. The van der Waals surface area contributed by atoms with Gasteiger partial charge in [0.15, 0.2) is 0 Å². The van der Waals surface area contributed by atoms with Crippen molar-refractivity contribution in [2.75, 3.05) is 6.61 Å². The van der Waals surface area contributed by atoms with Crippen LogP contribution in [0.4, 0.5) is 8.78 Å². The molecule has 0 radical (unpaired) electrons. The lowest BCUT2D eigenvalue weighted by Crippen LogP contribution is -2.26. The van der Waals surface area contributed by atoms with Crippen LogP contribution in [0.5, 0.6) is 5.75 Å². The van der Waals surface area contributed by atoms with E-state index in [-0.39, 0.29) is 18.8 Å². The molecule has 88 valence electrons. The highest BCUT2D eigenvalue weighted by molar-refractivity contribution is 5.69. The normalized spacial score (nSPS) is 9.94. The molecule has 0 amide bonds. The van der Waals surface area contributed by atoms with E-state index < -0.39 is 17.6 Å². The second-order valence-electron chi connectivity index (χ2n) is 2.80. The summed E-state index contributed by atoms with van der Waals surface area (Å²) in [4.78, 5) is 15.0. The number of halogens is 2. The van der Waals surface area contributed by atoms with Gasteiger partial charge in [-0.2, -0.15) is 0 Å². The van der Waals surface area contributed by atoms with E-state index in [0.717, 1.165) is 18.2 Å². The Morgan fingerprint density at radius 2 is 1.94 bits per heavy atom. The number of benzene rings is 1. The maximum absolute atomic E-state index is 12.7. The van der Waals surface area contributed by atoms with E-state index in [1.165, 1.54) is 0 Å². The van der Waals surface area contributed by atoms with Gasteiger partial charge in [0.2, 0.25) is 0 Å². The molecule has 0 fully saturated rings. The summed E-state index contributed by atoms with van der Waals surface area (Å²) in [5, 5.41) is 0. The zero-order valence-electron chi connectivity index (χ0n) is 8.20. The number of hydrogen-bond acceptors (Lipinski definition) is 5. The number of carbonyl (C=O) groups is 1.